The zero-order valence-electron chi connectivity index (χ0n) is 19.6. The standard InChI is InChI=1S/C25H28N4O5S/c1-15-22(24(32)29-19(25(33)34)14-26-23(31)20-10-6-12-35-20)16(2)28-21(27-15)11-4-3-7-17-8-5-9-18(30)13-17/h5-6,8-10,12-13,19,30H,3-4,7,11,14H2,1-2H3,(H,26,31)(H,29,32)(H,33,34). The van der Waals surface area contributed by atoms with Crippen molar-refractivity contribution in [2.45, 2.75) is 45.6 Å². The second-order valence-electron chi connectivity index (χ2n) is 8.11. The van der Waals surface area contributed by atoms with Crippen LogP contribution in [0.1, 0.15) is 55.6 Å². The summed E-state index contributed by atoms with van der Waals surface area (Å²) < 4.78 is 0. The molecule has 2 amide bonds. The van der Waals surface area contributed by atoms with E-state index in [1.807, 2.05) is 12.1 Å². The Balaban J connectivity index is 1.57. The number of aliphatic carboxylic acids is 1. The summed E-state index contributed by atoms with van der Waals surface area (Å²) in [5.74, 6) is -1.39. The molecule has 184 valence electrons. The second kappa shape index (κ2) is 12.1. The first-order valence-corrected chi connectivity index (χ1v) is 12.1. The van der Waals surface area contributed by atoms with Crippen LogP contribution in [0.3, 0.4) is 0 Å². The Bertz CT molecular complexity index is 1170. The van der Waals surface area contributed by atoms with Crippen LogP contribution in [0.25, 0.3) is 0 Å². The summed E-state index contributed by atoms with van der Waals surface area (Å²) in [6, 6.07) is 9.22. The van der Waals surface area contributed by atoms with E-state index in [4.69, 9.17) is 0 Å². The van der Waals surface area contributed by atoms with Crippen LogP contribution in [-0.4, -0.2) is 50.6 Å². The maximum atomic E-state index is 12.8. The van der Waals surface area contributed by atoms with Gasteiger partial charge < -0.3 is 20.8 Å². The van der Waals surface area contributed by atoms with E-state index in [1.54, 1.807) is 43.5 Å². The molecule has 3 aromatic rings. The molecular formula is C25H28N4O5S. The Hall–Kier alpha value is -3.79. The number of unbranched alkanes of at least 4 members (excludes halogenated alkanes) is 1. The van der Waals surface area contributed by atoms with Crippen molar-refractivity contribution in [1.29, 1.82) is 0 Å². The minimum atomic E-state index is -1.30. The molecule has 9 nitrogen and oxygen atoms in total. The lowest BCUT2D eigenvalue weighted by Crippen LogP contribution is -2.48. The Morgan fingerprint density at radius 2 is 1.71 bits per heavy atom. The number of nitrogens with zero attached hydrogens (tertiary/aromatic N) is 2. The van der Waals surface area contributed by atoms with Gasteiger partial charge in [0, 0.05) is 13.0 Å². The van der Waals surface area contributed by atoms with Crippen LogP contribution in [0.5, 0.6) is 5.75 Å². The second-order valence-corrected chi connectivity index (χ2v) is 9.06. The fraction of sp³-hybridized carbons (Fsp3) is 0.320. The number of benzene rings is 1. The highest BCUT2D eigenvalue weighted by molar-refractivity contribution is 7.12. The third-order valence-corrected chi connectivity index (χ3v) is 6.25. The molecule has 1 atom stereocenters. The monoisotopic (exact) mass is 496 g/mol. The van der Waals surface area contributed by atoms with Crippen molar-refractivity contribution in [2.24, 2.45) is 0 Å². The molecule has 35 heavy (non-hydrogen) atoms. The fourth-order valence-electron chi connectivity index (χ4n) is 3.67. The number of nitrogens with one attached hydrogen (secondary N) is 2. The van der Waals surface area contributed by atoms with E-state index >= 15 is 0 Å². The first kappa shape index (κ1) is 25.8. The number of aryl methyl sites for hydroxylation is 4. The molecule has 0 bridgehead atoms. The summed E-state index contributed by atoms with van der Waals surface area (Å²) in [5.41, 5.74) is 2.21. The minimum absolute atomic E-state index is 0.226. The van der Waals surface area contributed by atoms with E-state index < -0.39 is 23.8 Å². The molecule has 0 aliphatic carbocycles. The van der Waals surface area contributed by atoms with Crippen molar-refractivity contribution in [3.05, 3.63) is 75.0 Å². The van der Waals surface area contributed by atoms with E-state index in [0.717, 1.165) is 24.8 Å². The molecule has 0 aliphatic rings. The van der Waals surface area contributed by atoms with Crippen molar-refractivity contribution in [1.82, 2.24) is 20.6 Å². The zero-order valence-corrected chi connectivity index (χ0v) is 20.4. The van der Waals surface area contributed by atoms with E-state index in [-0.39, 0.29) is 17.9 Å². The van der Waals surface area contributed by atoms with E-state index in [9.17, 15) is 24.6 Å². The quantitative estimate of drug-likeness (QED) is 0.299. The van der Waals surface area contributed by atoms with Gasteiger partial charge in [-0.15, -0.1) is 11.3 Å². The molecule has 4 N–H and O–H groups in total. The number of carboxylic acids is 1. The highest BCUT2D eigenvalue weighted by Crippen LogP contribution is 2.15. The summed E-state index contributed by atoms with van der Waals surface area (Å²) >= 11 is 1.24. The Kier molecular flexibility index (Phi) is 8.91. The van der Waals surface area contributed by atoms with Gasteiger partial charge in [0.15, 0.2) is 0 Å². The first-order valence-electron chi connectivity index (χ1n) is 11.2. The summed E-state index contributed by atoms with van der Waals surface area (Å²) in [6.07, 6.45) is 3.19. The number of rotatable bonds is 11. The molecule has 0 aliphatic heterocycles. The van der Waals surface area contributed by atoms with Crippen molar-refractivity contribution >= 4 is 29.1 Å². The van der Waals surface area contributed by atoms with Gasteiger partial charge in [0.05, 0.1) is 21.8 Å². The van der Waals surface area contributed by atoms with Gasteiger partial charge in [-0.2, -0.15) is 0 Å². The molecule has 0 saturated carbocycles. The number of carbonyl (C=O) groups is 3. The molecule has 10 heteroatoms. The molecule has 3 rings (SSSR count). The van der Waals surface area contributed by atoms with Crippen molar-refractivity contribution < 1.29 is 24.6 Å². The largest absolute Gasteiger partial charge is 0.508 e. The van der Waals surface area contributed by atoms with Gasteiger partial charge >= 0.3 is 5.97 Å². The molecule has 1 unspecified atom stereocenters. The van der Waals surface area contributed by atoms with Gasteiger partial charge in [-0.25, -0.2) is 14.8 Å². The lowest BCUT2D eigenvalue weighted by atomic mass is 10.1. The number of carboxylic acid groups (broad SMARTS) is 1. The Labute approximate surface area is 207 Å². The SMILES string of the molecule is Cc1nc(CCCCc2cccc(O)c2)nc(C)c1C(=O)NC(CNC(=O)c1cccs1)C(=O)O. The van der Waals surface area contributed by atoms with Gasteiger partial charge in [0.2, 0.25) is 0 Å². The summed E-state index contributed by atoms with van der Waals surface area (Å²) in [6.45, 7) is 3.12. The summed E-state index contributed by atoms with van der Waals surface area (Å²) in [4.78, 5) is 45.9. The van der Waals surface area contributed by atoms with Crippen LogP contribution < -0.4 is 10.6 Å². The molecular weight excluding hydrogens is 468 g/mol. The molecule has 0 fully saturated rings. The van der Waals surface area contributed by atoms with Gasteiger partial charge in [-0.05, 0) is 62.3 Å². The number of aromatic hydroxyl groups is 1. The van der Waals surface area contributed by atoms with Gasteiger partial charge in [-0.3, -0.25) is 9.59 Å². The van der Waals surface area contributed by atoms with Crippen molar-refractivity contribution in [3.8, 4) is 5.75 Å². The molecule has 0 saturated heterocycles. The van der Waals surface area contributed by atoms with Crippen molar-refractivity contribution in [2.75, 3.05) is 6.54 Å². The van der Waals surface area contributed by atoms with Gasteiger partial charge in [0.25, 0.3) is 11.8 Å². The molecule has 1 aromatic carbocycles. The molecule has 0 radical (unpaired) electrons. The number of hydrogen-bond acceptors (Lipinski definition) is 7. The van der Waals surface area contributed by atoms with Gasteiger partial charge in [-0.1, -0.05) is 18.2 Å². The third-order valence-electron chi connectivity index (χ3n) is 5.39. The topological polar surface area (TPSA) is 142 Å². The molecule has 2 aromatic heterocycles. The third kappa shape index (κ3) is 7.35. The first-order chi connectivity index (χ1) is 16.7. The Morgan fingerprint density at radius 3 is 2.34 bits per heavy atom. The van der Waals surface area contributed by atoms with Crippen LogP contribution >= 0.6 is 11.3 Å². The van der Waals surface area contributed by atoms with E-state index in [1.165, 1.54) is 11.3 Å². The van der Waals surface area contributed by atoms with Crippen LogP contribution in [0.4, 0.5) is 0 Å². The summed E-state index contributed by atoms with van der Waals surface area (Å²) in [5, 5.41) is 25.8. The normalized spacial score (nSPS) is 11.6. The van der Waals surface area contributed by atoms with Crippen LogP contribution in [0, 0.1) is 13.8 Å². The smallest absolute Gasteiger partial charge is 0.328 e. The van der Waals surface area contributed by atoms with Crippen LogP contribution in [0.15, 0.2) is 41.8 Å². The van der Waals surface area contributed by atoms with Crippen LogP contribution in [-0.2, 0) is 17.6 Å². The number of phenolic OH excluding ortho intramolecular Hbond substituents is 1. The lowest BCUT2D eigenvalue weighted by Gasteiger charge is -2.17. The fourth-order valence-corrected chi connectivity index (χ4v) is 4.31. The maximum Gasteiger partial charge on any atom is 0.328 e. The zero-order chi connectivity index (χ0) is 25.4. The van der Waals surface area contributed by atoms with E-state index in [2.05, 4.69) is 20.6 Å². The van der Waals surface area contributed by atoms with E-state index in [0.29, 0.717) is 28.5 Å². The highest BCUT2D eigenvalue weighted by Gasteiger charge is 2.24. The number of aromatic nitrogens is 2. The maximum absolute atomic E-state index is 12.8. The Morgan fingerprint density at radius 1 is 1.00 bits per heavy atom. The number of phenols is 1. The number of amides is 2. The average Bonchev–Trinajstić information content (AvgIpc) is 3.34. The number of hydrogen-bond donors (Lipinski definition) is 4. The van der Waals surface area contributed by atoms with Gasteiger partial charge in [0.1, 0.15) is 17.6 Å². The van der Waals surface area contributed by atoms with Crippen LogP contribution in [0.2, 0.25) is 0 Å². The number of thiophene rings is 1. The molecule has 2 heterocycles. The highest BCUT2D eigenvalue weighted by atomic mass is 32.1. The lowest BCUT2D eigenvalue weighted by molar-refractivity contribution is -0.139. The molecule has 0 spiro atoms. The van der Waals surface area contributed by atoms with Crippen molar-refractivity contribution in [3.63, 3.8) is 0 Å². The summed E-state index contributed by atoms with van der Waals surface area (Å²) in [7, 11) is 0. The minimum Gasteiger partial charge on any atom is -0.508 e. The predicted molar refractivity (Wildman–Crippen MR) is 132 cm³/mol. The average molecular weight is 497 g/mol. The predicted octanol–water partition coefficient (Wildman–Crippen LogP) is 3.04. The number of carbonyl (C=O) groups excluding carboxylic acids is 2.